The van der Waals surface area contributed by atoms with E-state index in [2.05, 4.69) is 4.98 Å². The van der Waals surface area contributed by atoms with E-state index >= 15 is 0 Å². The molecule has 0 atom stereocenters. The summed E-state index contributed by atoms with van der Waals surface area (Å²) in [7, 11) is 3.33. The number of carbonyl (C=O) groups excluding carboxylic acids is 2. The van der Waals surface area contributed by atoms with Crippen molar-refractivity contribution in [3.63, 3.8) is 0 Å². The number of rotatable bonds is 9. The summed E-state index contributed by atoms with van der Waals surface area (Å²) in [6.45, 7) is 0.446. The van der Waals surface area contributed by atoms with Crippen molar-refractivity contribution in [2.75, 3.05) is 19.2 Å². The van der Waals surface area contributed by atoms with Crippen LogP contribution in [-0.2, 0) is 19.2 Å². The lowest BCUT2D eigenvalue weighted by Crippen LogP contribution is -2.30. The summed E-state index contributed by atoms with van der Waals surface area (Å²) in [5.41, 5.74) is 0. The van der Waals surface area contributed by atoms with Crippen LogP contribution in [0.5, 0.6) is 0 Å². The van der Waals surface area contributed by atoms with Crippen LogP contribution in [0.15, 0.2) is 29.4 Å². The number of hydrogen-bond acceptors (Lipinski definition) is 7. The van der Waals surface area contributed by atoms with E-state index in [0.717, 1.165) is 22.3 Å². The Morgan fingerprint density at radius 2 is 2.05 bits per heavy atom. The van der Waals surface area contributed by atoms with Crippen molar-refractivity contribution in [3.05, 3.63) is 24.4 Å². The Kier molecular flexibility index (Phi) is 7.01. The molecule has 0 saturated carbocycles. The molecule has 1 saturated heterocycles. The number of hydrogen-bond donors (Lipinski definition) is 0. The topological polar surface area (TPSA) is 68.7 Å². The van der Waals surface area contributed by atoms with Gasteiger partial charge in [0.2, 0.25) is 0 Å². The first-order valence-electron chi connectivity index (χ1n) is 6.54. The molecule has 0 N–H and O–H groups in total. The van der Waals surface area contributed by atoms with E-state index in [1.165, 1.54) is 0 Å². The molecule has 2 heterocycles. The molecule has 6 nitrogen and oxygen atoms in total. The molecule has 1 aliphatic heterocycles. The summed E-state index contributed by atoms with van der Waals surface area (Å²) in [5.74, 6) is 0.319. The third kappa shape index (κ3) is 5.66. The molecule has 0 aromatic carbocycles. The molecule has 114 valence electrons. The third-order valence-electron chi connectivity index (χ3n) is 2.57. The molecule has 1 fully saturated rings. The molecule has 1 aromatic rings. The van der Waals surface area contributed by atoms with Gasteiger partial charge < -0.3 is 4.74 Å². The molecule has 2 amide bonds. The maximum absolute atomic E-state index is 11.2. The fraction of sp³-hybridized carbons (Fsp3) is 0.462. The highest BCUT2D eigenvalue weighted by atomic mass is 33.1. The first-order valence-corrected chi connectivity index (χ1v) is 8.86. The van der Waals surface area contributed by atoms with Gasteiger partial charge in [0.1, 0.15) is 5.03 Å². The van der Waals surface area contributed by atoms with Crippen LogP contribution in [0, 0.1) is 0 Å². The van der Waals surface area contributed by atoms with E-state index in [1.807, 2.05) is 18.2 Å². The quantitative estimate of drug-likeness (QED) is 0.298. The van der Waals surface area contributed by atoms with Gasteiger partial charge in [0.15, 0.2) is 6.79 Å². The standard InChI is InChI=1S/C13H16N2O4S2/c16-12-5-6-13(17)15(12)19-10-18-8-3-9-20-21-11-4-1-2-7-14-11/h1-2,4,7H,3,5-6,8-10H2. The van der Waals surface area contributed by atoms with Gasteiger partial charge in [-0.2, -0.15) is 5.06 Å². The fourth-order valence-electron chi connectivity index (χ4n) is 1.57. The Labute approximate surface area is 130 Å². The van der Waals surface area contributed by atoms with Crippen molar-refractivity contribution in [3.8, 4) is 0 Å². The van der Waals surface area contributed by atoms with Crippen molar-refractivity contribution >= 4 is 33.4 Å². The Hall–Kier alpha value is -1.09. The highest BCUT2D eigenvalue weighted by Crippen LogP contribution is 2.29. The number of amides is 2. The van der Waals surface area contributed by atoms with Crippen LogP contribution < -0.4 is 0 Å². The van der Waals surface area contributed by atoms with Crippen LogP contribution in [0.25, 0.3) is 0 Å². The van der Waals surface area contributed by atoms with E-state index in [4.69, 9.17) is 9.57 Å². The minimum absolute atomic E-state index is 0.0739. The summed E-state index contributed by atoms with van der Waals surface area (Å²) >= 11 is 0. The molecule has 0 spiro atoms. The number of imide groups is 1. The zero-order chi connectivity index (χ0) is 14.9. The van der Waals surface area contributed by atoms with Gasteiger partial charge in [-0.15, -0.1) is 0 Å². The molecular weight excluding hydrogens is 312 g/mol. The Balaban J connectivity index is 1.45. The molecule has 1 aromatic heterocycles. The second-order valence-electron chi connectivity index (χ2n) is 4.16. The van der Waals surface area contributed by atoms with Gasteiger partial charge in [-0.05, 0) is 29.3 Å². The van der Waals surface area contributed by atoms with Gasteiger partial charge in [-0.1, -0.05) is 16.9 Å². The summed E-state index contributed by atoms with van der Waals surface area (Å²) < 4.78 is 5.24. The van der Waals surface area contributed by atoms with Crippen molar-refractivity contribution < 1.29 is 19.2 Å². The summed E-state index contributed by atoms with van der Waals surface area (Å²) in [4.78, 5) is 31.7. The maximum Gasteiger partial charge on any atom is 0.254 e. The zero-order valence-electron chi connectivity index (χ0n) is 11.4. The van der Waals surface area contributed by atoms with Crippen molar-refractivity contribution in [2.24, 2.45) is 0 Å². The minimum atomic E-state index is -0.300. The number of aromatic nitrogens is 1. The predicted octanol–water partition coefficient (Wildman–Crippen LogP) is 2.27. The lowest BCUT2D eigenvalue weighted by molar-refractivity contribution is -0.216. The molecule has 1 aliphatic rings. The molecule has 0 aliphatic carbocycles. The predicted molar refractivity (Wildman–Crippen MR) is 80.2 cm³/mol. The fourth-order valence-corrected chi connectivity index (χ4v) is 3.51. The SMILES string of the molecule is O=C1CCC(=O)N1OCOCCCSSc1ccccn1. The summed E-state index contributed by atoms with van der Waals surface area (Å²) in [6, 6.07) is 5.81. The number of nitrogens with zero attached hydrogens (tertiary/aromatic N) is 2. The summed E-state index contributed by atoms with van der Waals surface area (Å²) in [6.07, 6.45) is 3.07. The molecule has 8 heteroatoms. The van der Waals surface area contributed by atoms with E-state index in [-0.39, 0.29) is 31.4 Å². The second kappa shape index (κ2) is 9.04. The average molecular weight is 328 g/mol. The highest BCUT2D eigenvalue weighted by molar-refractivity contribution is 8.76. The second-order valence-corrected chi connectivity index (χ2v) is 6.60. The molecule has 21 heavy (non-hydrogen) atoms. The van der Waals surface area contributed by atoms with Crippen LogP contribution >= 0.6 is 21.6 Å². The van der Waals surface area contributed by atoms with Crippen LogP contribution in [0.3, 0.4) is 0 Å². The highest BCUT2D eigenvalue weighted by Gasteiger charge is 2.30. The van der Waals surface area contributed by atoms with Gasteiger partial charge in [-0.3, -0.25) is 9.59 Å². The number of hydroxylamine groups is 2. The van der Waals surface area contributed by atoms with Crippen LogP contribution in [0.1, 0.15) is 19.3 Å². The van der Waals surface area contributed by atoms with E-state index in [9.17, 15) is 9.59 Å². The van der Waals surface area contributed by atoms with Gasteiger partial charge in [0.25, 0.3) is 11.8 Å². The van der Waals surface area contributed by atoms with Crippen LogP contribution in [0.4, 0.5) is 0 Å². The van der Waals surface area contributed by atoms with Crippen LogP contribution in [-0.4, -0.2) is 41.0 Å². The summed E-state index contributed by atoms with van der Waals surface area (Å²) in [5, 5.41) is 1.78. The molecule has 0 bridgehead atoms. The minimum Gasteiger partial charge on any atom is -0.353 e. The lowest BCUT2D eigenvalue weighted by atomic mass is 10.4. The Morgan fingerprint density at radius 1 is 1.24 bits per heavy atom. The van der Waals surface area contributed by atoms with Crippen molar-refractivity contribution in [1.29, 1.82) is 0 Å². The first-order chi connectivity index (χ1) is 10.3. The zero-order valence-corrected chi connectivity index (χ0v) is 13.0. The largest absolute Gasteiger partial charge is 0.353 e. The maximum atomic E-state index is 11.2. The molecule has 2 rings (SSSR count). The smallest absolute Gasteiger partial charge is 0.254 e. The van der Waals surface area contributed by atoms with Gasteiger partial charge in [0, 0.05) is 24.8 Å². The first kappa shape index (κ1) is 16.3. The van der Waals surface area contributed by atoms with E-state index in [1.54, 1.807) is 27.8 Å². The van der Waals surface area contributed by atoms with Crippen molar-refractivity contribution in [1.82, 2.24) is 10.0 Å². The van der Waals surface area contributed by atoms with Gasteiger partial charge in [0.05, 0.1) is 6.61 Å². The average Bonchev–Trinajstić information content (AvgIpc) is 2.82. The van der Waals surface area contributed by atoms with Crippen LogP contribution in [0.2, 0.25) is 0 Å². The molecule has 0 radical (unpaired) electrons. The monoisotopic (exact) mass is 328 g/mol. The Morgan fingerprint density at radius 3 is 2.76 bits per heavy atom. The molecule has 0 unspecified atom stereocenters. The van der Waals surface area contributed by atoms with E-state index in [0.29, 0.717) is 6.61 Å². The van der Waals surface area contributed by atoms with Crippen molar-refractivity contribution in [2.45, 2.75) is 24.3 Å². The normalized spacial score (nSPS) is 15.0. The van der Waals surface area contributed by atoms with Gasteiger partial charge in [-0.25, -0.2) is 9.82 Å². The third-order valence-corrected chi connectivity index (χ3v) is 4.92. The molecular formula is C13H16N2O4S2. The Bertz CT molecular complexity index is 456. The van der Waals surface area contributed by atoms with Gasteiger partial charge >= 0.3 is 0 Å². The lowest BCUT2D eigenvalue weighted by Gasteiger charge is -2.12. The number of ether oxygens (including phenoxy) is 1. The number of carbonyl (C=O) groups is 2. The van der Waals surface area contributed by atoms with E-state index < -0.39 is 0 Å². The number of pyridine rings is 1.